The molecule has 0 saturated heterocycles. The smallest absolute Gasteiger partial charge is 0.242 e. The van der Waals surface area contributed by atoms with Gasteiger partial charge in [-0.3, -0.25) is 0 Å². The van der Waals surface area contributed by atoms with Gasteiger partial charge in [-0.1, -0.05) is 74.0 Å². The lowest BCUT2D eigenvalue weighted by Gasteiger charge is -2.18. The highest BCUT2D eigenvalue weighted by molar-refractivity contribution is 9.10. The summed E-state index contributed by atoms with van der Waals surface area (Å²) in [5.74, 6) is 0.737. The molecule has 2 heterocycles. The number of nitrogens with one attached hydrogen (secondary N) is 1. The van der Waals surface area contributed by atoms with Crippen LogP contribution in [0.5, 0.6) is 0 Å². The van der Waals surface area contributed by atoms with E-state index in [1.54, 1.807) is 29.9 Å². The van der Waals surface area contributed by atoms with E-state index in [2.05, 4.69) is 26.3 Å². The standard InChI is InChI=1S/C26H23BrClN5O2S.C2H6/c1-32(36(34,35)20-12-11-18-7-2-3-8-19(18)15-20)14-6-13-29-25-16-24(21-9-4-5-10-23(21)28)31-26-22(27)17-30-33(25)26;1-2/h2-5,7-12,15-17,29H,6,13-14H2,1H3;1-2H3. The Bertz CT molecular complexity index is 1670. The fourth-order valence-electron chi connectivity index (χ4n) is 4.02. The van der Waals surface area contributed by atoms with Crippen LogP contribution in [-0.2, 0) is 10.0 Å². The number of benzene rings is 3. The molecule has 0 fully saturated rings. The lowest BCUT2D eigenvalue weighted by Crippen LogP contribution is -2.29. The third-order valence-electron chi connectivity index (χ3n) is 5.96. The Kier molecular flexibility index (Phi) is 9.04. The predicted octanol–water partition coefficient (Wildman–Crippen LogP) is 7.11. The predicted molar refractivity (Wildman–Crippen MR) is 159 cm³/mol. The molecule has 1 N–H and O–H groups in total. The molecule has 10 heteroatoms. The van der Waals surface area contributed by atoms with E-state index in [1.165, 1.54) is 4.31 Å². The van der Waals surface area contributed by atoms with Gasteiger partial charge in [-0.25, -0.2) is 17.7 Å². The summed E-state index contributed by atoms with van der Waals surface area (Å²) in [7, 11) is -1.99. The maximum Gasteiger partial charge on any atom is 0.242 e. The van der Waals surface area contributed by atoms with Gasteiger partial charge in [0.1, 0.15) is 5.82 Å². The summed E-state index contributed by atoms with van der Waals surface area (Å²) >= 11 is 9.91. The molecule has 0 amide bonds. The molecule has 3 aromatic carbocycles. The molecule has 0 aliphatic carbocycles. The summed E-state index contributed by atoms with van der Waals surface area (Å²) in [4.78, 5) is 5.00. The molecule has 0 radical (unpaired) electrons. The van der Waals surface area contributed by atoms with Crippen molar-refractivity contribution in [3.63, 3.8) is 0 Å². The summed E-state index contributed by atoms with van der Waals surface area (Å²) in [5, 5.41) is 10.3. The monoisotopic (exact) mass is 613 g/mol. The number of hydrogen-bond acceptors (Lipinski definition) is 5. The van der Waals surface area contributed by atoms with Gasteiger partial charge in [0.25, 0.3) is 0 Å². The number of sulfonamides is 1. The van der Waals surface area contributed by atoms with Crippen LogP contribution in [0.25, 0.3) is 27.7 Å². The minimum atomic E-state index is -3.60. The molecule has 0 bridgehead atoms. The second kappa shape index (κ2) is 12.3. The van der Waals surface area contributed by atoms with Crippen molar-refractivity contribution < 1.29 is 8.42 Å². The molecular weight excluding hydrogens is 586 g/mol. The Morgan fingerprint density at radius 1 is 1.00 bits per heavy atom. The van der Waals surface area contributed by atoms with Crippen LogP contribution in [0, 0.1) is 0 Å². The van der Waals surface area contributed by atoms with Crippen molar-refractivity contribution in [1.29, 1.82) is 0 Å². The van der Waals surface area contributed by atoms with Crippen LogP contribution in [0.15, 0.2) is 88.4 Å². The van der Waals surface area contributed by atoms with Crippen molar-refractivity contribution in [3.05, 3.63) is 88.5 Å². The van der Waals surface area contributed by atoms with Gasteiger partial charge in [0, 0.05) is 36.8 Å². The van der Waals surface area contributed by atoms with Gasteiger partial charge in [0.15, 0.2) is 5.65 Å². The molecule has 0 spiro atoms. The van der Waals surface area contributed by atoms with Crippen molar-refractivity contribution in [2.24, 2.45) is 0 Å². The average molecular weight is 615 g/mol. The molecule has 198 valence electrons. The van der Waals surface area contributed by atoms with Crippen LogP contribution in [-0.4, -0.2) is 47.5 Å². The van der Waals surface area contributed by atoms with Gasteiger partial charge >= 0.3 is 0 Å². The second-order valence-corrected chi connectivity index (χ2v) is 11.7. The molecule has 7 nitrogen and oxygen atoms in total. The topological polar surface area (TPSA) is 79.6 Å². The largest absolute Gasteiger partial charge is 0.370 e. The Hall–Kier alpha value is -2.98. The van der Waals surface area contributed by atoms with Crippen LogP contribution in [0.3, 0.4) is 0 Å². The van der Waals surface area contributed by atoms with Crippen LogP contribution in [0.2, 0.25) is 5.02 Å². The molecule has 38 heavy (non-hydrogen) atoms. The SMILES string of the molecule is CC.CN(CCCNc1cc(-c2ccccc2Cl)nc2c(Br)cnn12)S(=O)(=O)c1ccc2ccccc2c1. The summed E-state index contributed by atoms with van der Waals surface area (Å²) in [5.41, 5.74) is 2.19. The number of aromatic nitrogens is 3. The highest BCUT2D eigenvalue weighted by atomic mass is 79.9. The van der Waals surface area contributed by atoms with Crippen LogP contribution >= 0.6 is 27.5 Å². The Labute approximate surface area is 236 Å². The highest BCUT2D eigenvalue weighted by Gasteiger charge is 2.21. The first-order valence-corrected chi connectivity index (χ1v) is 14.9. The molecule has 0 atom stereocenters. The fraction of sp³-hybridized carbons (Fsp3) is 0.214. The molecule has 0 aliphatic rings. The lowest BCUT2D eigenvalue weighted by molar-refractivity contribution is 0.465. The lowest BCUT2D eigenvalue weighted by atomic mass is 10.1. The molecule has 0 aliphatic heterocycles. The number of halogens is 2. The number of hydrogen-bond donors (Lipinski definition) is 1. The van der Waals surface area contributed by atoms with Crippen molar-refractivity contribution in [1.82, 2.24) is 18.9 Å². The van der Waals surface area contributed by atoms with E-state index in [1.807, 2.05) is 74.5 Å². The average Bonchev–Trinajstić information content (AvgIpc) is 3.32. The van der Waals surface area contributed by atoms with E-state index in [9.17, 15) is 8.42 Å². The van der Waals surface area contributed by atoms with Gasteiger partial charge < -0.3 is 5.32 Å². The minimum Gasteiger partial charge on any atom is -0.370 e. The van der Waals surface area contributed by atoms with Crippen LogP contribution in [0.1, 0.15) is 20.3 Å². The Morgan fingerprint density at radius 2 is 1.71 bits per heavy atom. The summed E-state index contributed by atoms with van der Waals surface area (Å²) in [6.07, 6.45) is 2.28. The highest BCUT2D eigenvalue weighted by Crippen LogP contribution is 2.30. The summed E-state index contributed by atoms with van der Waals surface area (Å²) in [6.45, 7) is 4.90. The van der Waals surface area contributed by atoms with Gasteiger partial charge in [0.05, 0.1) is 21.3 Å². The van der Waals surface area contributed by atoms with E-state index in [0.717, 1.165) is 26.6 Å². The summed E-state index contributed by atoms with van der Waals surface area (Å²) < 4.78 is 30.1. The van der Waals surface area contributed by atoms with E-state index in [4.69, 9.17) is 16.6 Å². The summed E-state index contributed by atoms with van der Waals surface area (Å²) in [6, 6.07) is 22.4. The zero-order valence-corrected chi connectivity index (χ0v) is 24.6. The molecule has 0 unspecified atom stereocenters. The second-order valence-electron chi connectivity index (χ2n) is 8.35. The normalized spacial score (nSPS) is 11.5. The molecule has 5 aromatic rings. The Morgan fingerprint density at radius 3 is 2.47 bits per heavy atom. The fourth-order valence-corrected chi connectivity index (χ4v) is 5.84. The van der Waals surface area contributed by atoms with E-state index >= 15 is 0 Å². The van der Waals surface area contributed by atoms with Gasteiger partial charge in [-0.05, 0) is 51.3 Å². The molecule has 2 aromatic heterocycles. The number of fused-ring (bicyclic) bond motifs is 2. The zero-order chi connectivity index (χ0) is 27.3. The molecule has 0 saturated carbocycles. The maximum atomic E-state index is 13.1. The van der Waals surface area contributed by atoms with Gasteiger partial charge in [0.2, 0.25) is 10.0 Å². The maximum absolute atomic E-state index is 13.1. The van der Waals surface area contributed by atoms with Crippen molar-refractivity contribution in [2.45, 2.75) is 25.2 Å². The first kappa shape index (κ1) is 28.0. The van der Waals surface area contributed by atoms with Crippen molar-refractivity contribution in [2.75, 3.05) is 25.5 Å². The van der Waals surface area contributed by atoms with Crippen molar-refractivity contribution in [3.8, 4) is 11.3 Å². The first-order valence-electron chi connectivity index (χ1n) is 12.3. The van der Waals surface area contributed by atoms with Crippen molar-refractivity contribution >= 4 is 59.8 Å². The number of nitrogens with zero attached hydrogens (tertiary/aromatic N) is 4. The van der Waals surface area contributed by atoms with E-state index in [-0.39, 0.29) is 0 Å². The van der Waals surface area contributed by atoms with Crippen LogP contribution in [0.4, 0.5) is 5.82 Å². The quantitative estimate of drug-likeness (QED) is 0.188. The third kappa shape index (κ3) is 5.86. The van der Waals surface area contributed by atoms with Crippen LogP contribution < -0.4 is 5.32 Å². The van der Waals surface area contributed by atoms with E-state index < -0.39 is 10.0 Å². The molecular formula is C28H29BrClN5O2S. The number of rotatable bonds is 8. The molecule has 5 rings (SSSR count). The number of anilines is 1. The third-order valence-corrected chi connectivity index (χ3v) is 8.71. The minimum absolute atomic E-state index is 0.290. The van der Waals surface area contributed by atoms with Gasteiger partial charge in [-0.2, -0.15) is 9.61 Å². The van der Waals surface area contributed by atoms with E-state index in [0.29, 0.717) is 40.8 Å². The van der Waals surface area contributed by atoms with Gasteiger partial charge in [-0.15, -0.1) is 0 Å². The Balaban J connectivity index is 0.00000164. The zero-order valence-electron chi connectivity index (χ0n) is 21.4. The first-order chi connectivity index (χ1) is 18.3.